The summed E-state index contributed by atoms with van der Waals surface area (Å²) in [5, 5.41) is 20.3. The minimum atomic E-state index is -1.32. The minimum Gasteiger partial charge on any atom is -0.395 e. The molecule has 4 rings (SSSR count). The van der Waals surface area contributed by atoms with Gasteiger partial charge < -0.3 is 10.2 Å². The molecule has 2 heterocycles. The lowest BCUT2D eigenvalue weighted by molar-refractivity contribution is -0.132. The molecule has 0 aromatic heterocycles. The van der Waals surface area contributed by atoms with Crippen molar-refractivity contribution in [1.82, 2.24) is 19.6 Å². The maximum atomic E-state index is 13.9. The number of piperazine rings is 1. The zero-order chi connectivity index (χ0) is 24.1. The van der Waals surface area contributed by atoms with Crippen LogP contribution in [-0.2, 0) is 10.3 Å². The van der Waals surface area contributed by atoms with Gasteiger partial charge in [-0.2, -0.15) is 0 Å². The number of aliphatic hydroxyl groups excluding tert-OH is 2. The molecule has 8 heteroatoms. The first-order valence-corrected chi connectivity index (χ1v) is 12.0. The highest BCUT2D eigenvalue weighted by atomic mass is 16.3. The molecule has 0 bridgehead atoms. The topological polar surface area (TPSA) is 87.6 Å². The van der Waals surface area contributed by atoms with Crippen LogP contribution in [0.4, 0.5) is 4.79 Å². The average molecular weight is 467 g/mol. The predicted octanol–water partition coefficient (Wildman–Crippen LogP) is 1.19. The fourth-order valence-electron chi connectivity index (χ4n) is 5.17. The van der Waals surface area contributed by atoms with E-state index in [1.165, 1.54) is 4.90 Å². The number of rotatable bonds is 9. The standard InChI is InChI=1S/C26H34N4O4/c1-2-29-24(33)26(21-9-5-3-6-10-21,22-11-7-4-8-12-22)30(25(29)34)20-23(32)19-28-15-13-27(14-16-28)17-18-31/h3-12,23,31-32H,2,13-20H2,1H3/t23-/m1/s1. The summed E-state index contributed by atoms with van der Waals surface area (Å²) >= 11 is 0. The number of benzene rings is 2. The summed E-state index contributed by atoms with van der Waals surface area (Å²) < 4.78 is 0. The molecule has 8 nitrogen and oxygen atoms in total. The van der Waals surface area contributed by atoms with Gasteiger partial charge in [0.15, 0.2) is 5.54 Å². The Hall–Kier alpha value is -2.78. The molecule has 2 fully saturated rings. The molecule has 182 valence electrons. The van der Waals surface area contributed by atoms with Crippen LogP contribution in [0.15, 0.2) is 60.7 Å². The summed E-state index contributed by atoms with van der Waals surface area (Å²) in [5.41, 5.74) is 0.0943. The number of hydrogen-bond donors (Lipinski definition) is 2. The SMILES string of the molecule is CCN1C(=O)N(C[C@H](O)CN2CCN(CCO)CC2)C(c2ccccc2)(c2ccccc2)C1=O. The van der Waals surface area contributed by atoms with Crippen LogP contribution in [0.25, 0.3) is 0 Å². The van der Waals surface area contributed by atoms with Gasteiger partial charge >= 0.3 is 6.03 Å². The highest BCUT2D eigenvalue weighted by molar-refractivity contribution is 6.09. The summed E-state index contributed by atoms with van der Waals surface area (Å²) in [6, 6.07) is 18.3. The van der Waals surface area contributed by atoms with Crippen LogP contribution in [0, 0.1) is 0 Å². The summed E-state index contributed by atoms with van der Waals surface area (Å²) in [6.07, 6.45) is -0.815. The van der Waals surface area contributed by atoms with Crippen molar-refractivity contribution in [3.8, 4) is 0 Å². The average Bonchev–Trinajstić information content (AvgIpc) is 3.07. The first-order valence-electron chi connectivity index (χ1n) is 12.0. The van der Waals surface area contributed by atoms with Gasteiger partial charge in [0.1, 0.15) is 0 Å². The monoisotopic (exact) mass is 466 g/mol. The van der Waals surface area contributed by atoms with Crippen LogP contribution in [0.5, 0.6) is 0 Å². The maximum Gasteiger partial charge on any atom is 0.328 e. The number of aliphatic hydroxyl groups is 2. The Balaban J connectivity index is 1.64. The Bertz CT molecular complexity index is 924. The fraction of sp³-hybridized carbons (Fsp3) is 0.462. The van der Waals surface area contributed by atoms with Crippen molar-refractivity contribution in [3.05, 3.63) is 71.8 Å². The summed E-state index contributed by atoms with van der Waals surface area (Å²) in [6.45, 7) is 6.54. The molecule has 0 unspecified atom stereocenters. The van der Waals surface area contributed by atoms with Crippen LogP contribution in [0.3, 0.4) is 0 Å². The van der Waals surface area contributed by atoms with Gasteiger partial charge in [0.05, 0.1) is 19.3 Å². The van der Waals surface area contributed by atoms with E-state index in [1.807, 2.05) is 60.7 Å². The van der Waals surface area contributed by atoms with Crippen LogP contribution in [0.1, 0.15) is 18.1 Å². The van der Waals surface area contributed by atoms with E-state index >= 15 is 0 Å². The quantitative estimate of drug-likeness (QED) is 0.540. The van der Waals surface area contributed by atoms with Crippen molar-refractivity contribution in [2.24, 2.45) is 0 Å². The lowest BCUT2D eigenvalue weighted by atomic mass is 9.81. The summed E-state index contributed by atoms with van der Waals surface area (Å²) in [7, 11) is 0. The van der Waals surface area contributed by atoms with Crippen LogP contribution in [0.2, 0.25) is 0 Å². The number of likely N-dealkylation sites (N-methyl/N-ethyl adjacent to an activating group) is 1. The molecule has 2 aliphatic heterocycles. The van der Waals surface area contributed by atoms with E-state index in [-0.39, 0.29) is 31.6 Å². The zero-order valence-corrected chi connectivity index (χ0v) is 19.7. The highest BCUT2D eigenvalue weighted by Gasteiger charge is 2.59. The van der Waals surface area contributed by atoms with Crippen molar-refractivity contribution in [1.29, 1.82) is 0 Å². The maximum absolute atomic E-state index is 13.9. The number of urea groups is 1. The first-order chi connectivity index (χ1) is 16.5. The van der Waals surface area contributed by atoms with E-state index in [9.17, 15) is 14.7 Å². The van der Waals surface area contributed by atoms with Gasteiger partial charge in [-0.25, -0.2) is 4.79 Å². The van der Waals surface area contributed by atoms with Gasteiger partial charge in [-0.3, -0.25) is 24.4 Å². The highest BCUT2D eigenvalue weighted by Crippen LogP contribution is 2.43. The van der Waals surface area contributed by atoms with Crippen molar-refractivity contribution >= 4 is 11.9 Å². The van der Waals surface area contributed by atoms with Crippen molar-refractivity contribution < 1.29 is 19.8 Å². The van der Waals surface area contributed by atoms with Crippen molar-refractivity contribution in [3.63, 3.8) is 0 Å². The van der Waals surface area contributed by atoms with Gasteiger partial charge in [0.25, 0.3) is 5.91 Å². The van der Waals surface area contributed by atoms with E-state index in [2.05, 4.69) is 9.80 Å². The second-order valence-corrected chi connectivity index (χ2v) is 8.90. The van der Waals surface area contributed by atoms with Crippen LogP contribution in [-0.4, -0.2) is 107 Å². The number of amides is 3. The third-order valence-electron chi connectivity index (χ3n) is 6.86. The number of imide groups is 1. The van der Waals surface area contributed by atoms with E-state index < -0.39 is 11.6 Å². The lowest BCUT2D eigenvalue weighted by Crippen LogP contribution is -2.54. The molecule has 0 spiro atoms. The zero-order valence-electron chi connectivity index (χ0n) is 19.7. The Morgan fingerprint density at radius 2 is 1.38 bits per heavy atom. The molecule has 34 heavy (non-hydrogen) atoms. The molecule has 2 N–H and O–H groups in total. The minimum absolute atomic E-state index is 0.0434. The van der Waals surface area contributed by atoms with E-state index in [0.717, 1.165) is 26.2 Å². The normalized spacial score (nSPS) is 20.2. The first kappa shape index (κ1) is 24.3. The Morgan fingerprint density at radius 1 is 0.853 bits per heavy atom. The lowest BCUT2D eigenvalue weighted by Gasteiger charge is -2.39. The molecule has 3 amide bonds. The smallest absolute Gasteiger partial charge is 0.328 e. The molecule has 0 aliphatic carbocycles. The second-order valence-electron chi connectivity index (χ2n) is 8.90. The van der Waals surface area contributed by atoms with E-state index in [0.29, 0.717) is 24.2 Å². The van der Waals surface area contributed by atoms with Crippen molar-refractivity contribution in [2.45, 2.75) is 18.6 Å². The largest absolute Gasteiger partial charge is 0.395 e. The molecule has 2 aliphatic rings. The molecule has 1 atom stereocenters. The molecule has 0 saturated carbocycles. The fourth-order valence-corrected chi connectivity index (χ4v) is 5.17. The third kappa shape index (κ3) is 4.46. The van der Waals surface area contributed by atoms with Gasteiger partial charge in [-0.05, 0) is 18.1 Å². The van der Waals surface area contributed by atoms with Gasteiger partial charge in [-0.1, -0.05) is 60.7 Å². The van der Waals surface area contributed by atoms with Crippen LogP contribution >= 0.6 is 0 Å². The van der Waals surface area contributed by atoms with E-state index in [1.54, 1.807) is 11.8 Å². The molecule has 2 saturated heterocycles. The number of β-amino-alcohol motifs (C(OH)–C–C–N with tert-alkyl or cyclic N) is 2. The summed E-state index contributed by atoms with van der Waals surface area (Å²) in [5.74, 6) is -0.290. The number of nitrogens with zero attached hydrogens (tertiary/aromatic N) is 4. The summed E-state index contributed by atoms with van der Waals surface area (Å²) in [4.78, 5) is 34.6. The van der Waals surface area contributed by atoms with Crippen molar-refractivity contribution in [2.75, 3.05) is 59.0 Å². The van der Waals surface area contributed by atoms with E-state index in [4.69, 9.17) is 5.11 Å². The molecular weight excluding hydrogens is 432 g/mol. The Morgan fingerprint density at radius 3 is 1.88 bits per heavy atom. The molecular formula is C26H34N4O4. The van der Waals surface area contributed by atoms with Crippen LogP contribution < -0.4 is 0 Å². The molecule has 2 aromatic carbocycles. The molecule has 0 radical (unpaired) electrons. The Kier molecular flexibility index (Phi) is 7.63. The predicted molar refractivity (Wildman–Crippen MR) is 129 cm³/mol. The van der Waals surface area contributed by atoms with Gasteiger partial charge in [0, 0.05) is 45.8 Å². The Labute approximate surface area is 201 Å². The van der Waals surface area contributed by atoms with Gasteiger partial charge in [-0.15, -0.1) is 0 Å². The third-order valence-corrected chi connectivity index (χ3v) is 6.86. The van der Waals surface area contributed by atoms with Gasteiger partial charge in [0.2, 0.25) is 0 Å². The number of carbonyl (C=O) groups is 2. The number of carbonyl (C=O) groups excluding carboxylic acids is 2. The second kappa shape index (κ2) is 10.7. The number of hydrogen-bond acceptors (Lipinski definition) is 6. The molecule has 2 aromatic rings.